The van der Waals surface area contributed by atoms with Gasteiger partial charge >= 0.3 is 0 Å². The number of rotatable bonds is 5. The highest BCUT2D eigenvalue weighted by Gasteiger charge is 2.19. The molecule has 0 aliphatic carbocycles. The molecule has 2 heterocycles. The smallest absolute Gasteiger partial charge is 0.226 e. The van der Waals surface area contributed by atoms with Crippen molar-refractivity contribution in [2.45, 2.75) is 19.4 Å². The number of furan rings is 1. The average Bonchev–Trinajstić information content (AvgIpc) is 3.18. The number of nitrogens with zero attached hydrogens (tertiary/aromatic N) is 1. The number of nitrogens with one attached hydrogen (secondary N) is 1. The zero-order valence-corrected chi connectivity index (χ0v) is 12.4. The van der Waals surface area contributed by atoms with Crippen molar-refractivity contribution in [3.8, 4) is 0 Å². The van der Waals surface area contributed by atoms with Crippen LogP contribution in [-0.4, -0.2) is 10.5 Å². The van der Waals surface area contributed by atoms with Crippen LogP contribution in [0.1, 0.15) is 23.8 Å². The molecule has 4 nitrogen and oxygen atoms in total. The maximum Gasteiger partial charge on any atom is 0.226 e. The molecule has 0 fully saturated rings. The standard InChI is InChI=1S/C18H18N2O2/c1-14-6-4-7-15(12-14)19-18(21)13-16(17-8-5-11-22-17)20-9-2-3-10-20/h2-12,16H,13H2,1H3,(H,19,21). The predicted octanol–water partition coefficient (Wildman–Crippen LogP) is 4.01. The van der Waals surface area contributed by atoms with Crippen LogP contribution in [0.3, 0.4) is 0 Å². The summed E-state index contributed by atoms with van der Waals surface area (Å²) in [5.41, 5.74) is 1.93. The van der Waals surface area contributed by atoms with Crippen molar-refractivity contribution in [3.63, 3.8) is 0 Å². The van der Waals surface area contributed by atoms with Crippen LogP contribution in [0.5, 0.6) is 0 Å². The molecule has 0 aliphatic rings. The van der Waals surface area contributed by atoms with Crippen LogP contribution in [0.2, 0.25) is 0 Å². The molecular formula is C18H18N2O2. The van der Waals surface area contributed by atoms with Gasteiger partial charge in [-0.1, -0.05) is 12.1 Å². The number of aromatic nitrogens is 1. The van der Waals surface area contributed by atoms with Crippen molar-refractivity contribution in [1.29, 1.82) is 0 Å². The summed E-state index contributed by atoms with van der Waals surface area (Å²) in [6.07, 6.45) is 5.82. The lowest BCUT2D eigenvalue weighted by atomic mass is 10.1. The normalized spacial score (nSPS) is 12.0. The Bertz CT molecular complexity index is 696. The topological polar surface area (TPSA) is 47.2 Å². The summed E-state index contributed by atoms with van der Waals surface area (Å²) in [6.45, 7) is 2.00. The van der Waals surface area contributed by atoms with Crippen molar-refractivity contribution < 1.29 is 9.21 Å². The SMILES string of the molecule is Cc1cccc(NC(=O)CC(c2ccco2)n2cccc2)c1. The molecule has 0 radical (unpaired) electrons. The fraction of sp³-hybridized carbons (Fsp3) is 0.167. The molecule has 112 valence electrons. The summed E-state index contributed by atoms with van der Waals surface area (Å²) in [4.78, 5) is 12.4. The molecule has 3 rings (SSSR count). The molecule has 0 spiro atoms. The first kappa shape index (κ1) is 14.2. The van der Waals surface area contributed by atoms with Gasteiger partial charge in [0, 0.05) is 18.1 Å². The van der Waals surface area contributed by atoms with Crippen molar-refractivity contribution in [2.75, 3.05) is 5.32 Å². The van der Waals surface area contributed by atoms with Crippen LogP contribution in [0.15, 0.2) is 71.6 Å². The van der Waals surface area contributed by atoms with E-state index in [1.54, 1.807) is 6.26 Å². The second-order valence-electron chi connectivity index (χ2n) is 5.28. The molecule has 0 aliphatic heterocycles. The van der Waals surface area contributed by atoms with Gasteiger partial charge in [-0.25, -0.2) is 0 Å². The zero-order valence-electron chi connectivity index (χ0n) is 12.4. The molecule has 0 bridgehead atoms. The van der Waals surface area contributed by atoms with Gasteiger partial charge in [0.25, 0.3) is 0 Å². The van der Waals surface area contributed by atoms with Crippen LogP contribution in [0, 0.1) is 6.92 Å². The van der Waals surface area contributed by atoms with Gasteiger partial charge < -0.3 is 14.3 Å². The molecule has 1 atom stereocenters. The number of carbonyl (C=O) groups excluding carboxylic acids is 1. The van der Waals surface area contributed by atoms with E-state index < -0.39 is 0 Å². The van der Waals surface area contributed by atoms with Crippen molar-refractivity contribution in [2.24, 2.45) is 0 Å². The summed E-state index contributed by atoms with van der Waals surface area (Å²) in [6, 6.07) is 15.2. The molecule has 1 unspecified atom stereocenters. The minimum Gasteiger partial charge on any atom is -0.467 e. The Balaban J connectivity index is 1.75. The summed E-state index contributed by atoms with van der Waals surface area (Å²) < 4.78 is 7.47. The Morgan fingerprint density at radius 1 is 1.18 bits per heavy atom. The van der Waals surface area contributed by atoms with E-state index in [0.29, 0.717) is 6.42 Å². The lowest BCUT2D eigenvalue weighted by Gasteiger charge is -2.16. The van der Waals surface area contributed by atoms with Gasteiger partial charge in [-0.15, -0.1) is 0 Å². The van der Waals surface area contributed by atoms with E-state index in [2.05, 4.69) is 5.32 Å². The van der Waals surface area contributed by atoms with E-state index in [9.17, 15) is 4.79 Å². The number of hydrogen-bond acceptors (Lipinski definition) is 2. The van der Waals surface area contributed by atoms with Gasteiger partial charge in [-0.05, 0) is 48.9 Å². The van der Waals surface area contributed by atoms with Gasteiger partial charge in [0.2, 0.25) is 5.91 Å². The van der Waals surface area contributed by atoms with E-state index in [1.165, 1.54) is 0 Å². The summed E-state index contributed by atoms with van der Waals surface area (Å²) in [7, 11) is 0. The largest absolute Gasteiger partial charge is 0.467 e. The maximum atomic E-state index is 12.4. The average molecular weight is 294 g/mol. The van der Waals surface area contributed by atoms with Gasteiger partial charge in [-0.2, -0.15) is 0 Å². The third-order valence-corrected chi connectivity index (χ3v) is 3.54. The first-order chi connectivity index (χ1) is 10.7. The Labute approximate surface area is 129 Å². The van der Waals surface area contributed by atoms with Crippen LogP contribution < -0.4 is 5.32 Å². The van der Waals surface area contributed by atoms with Crippen LogP contribution in [-0.2, 0) is 4.79 Å². The summed E-state index contributed by atoms with van der Waals surface area (Å²) in [5, 5.41) is 2.94. The Morgan fingerprint density at radius 3 is 2.68 bits per heavy atom. The third-order valence-electron chi connectivity index (χ3n) is 3.54. The van der Waals surface area contributed by atoms with E-state index >= 15 is 0 Å². The Morgan fingerprint density at radius 2 is 2.00 bits per heavy atom. The highest BCUT2D eigenvalue weighted by molar-refractivity contribution is 5.91. The first-order valence-corrected chi connectivity index (χ1v) is 7.25. The lowest BCUT2D eigenvalue weighted by Crippen LogP contribution is -2.19. The summed E-state index contributed by atoms with van der Waals surface area (Å²) >= 11 is 0. The number of carbonyl (C=O) groups is 1. The molecule has 1 N–H and O–H groups in total. The highest BCUT2D eigenvalue weighted by atomic mass is 16.3. The molecule has 0 saturated carbocycles. The van der Waals surface area contributed by atoms with Crippen LogP contribution >= 0.6 is 0 Å². The first-order valence-electron chi connectivity index (χ1n) is 7.25. The van der Waals surface area contributed by atoms with Gasteiger partial charge in [0.15, 0.2) is 0 Å². The second-order valence-corrected chi connectivity index (χ2v) is 5.28. The van der Waals surface area contributed by atoms with Gasteiger partial charge in [0.05, 0.1) is 18.7 Å². The third kappa shape index (κ3) is 3.28. The molecule has 3 aromatic rings. The zero-order chi connectivity index (χ0) is 15.4. The van der Waals surface area contributed by atoms with Gasteiger partial charge in [0.1, 0.15) is 5.76 Å². The number of aryl methyl sites for hydroxylation is 1. The van der Waals surface area contributed by atoms with Gasteiger partial charge in [-0.3, -0.25) is 4.79 Å². The number of hydrogen-bond donors (Lipinski definition) is 1. The lowest BCUT2D eigenvalue weighted by molar-refractivity contribution is -0.116. The number of anilines is 1. The van der Waals surface area contributed by atoms with Crippen molar-refractivity contribution in [3.05, 3.63) is 78.5 Å². The molecule has 4 heteroatoms. The highest BCUT2D eigenvalue weighted by Crippen LogP contribution is 2.23. The Kier molecular flexibility index (Phi) is 4.10. The molecule has 0 saturated heterocycles. The minimum atomic E-state index is -0.144. The fourth-order valence-corrected chi connectivity index (χ4v) is 2.50. The minimum absolute atomic E-state index is 0.0410. The van der Waals surface area contributed by atoms with Crippen molar-refractivity contribution in [1.82, 2.24) is 4.57 Å². The van der Waals surface area contributed by atoms with E-state index in [1.807, 2.05) is 72.4 Å². The Hall–Kier alpha value is -2.75. The predicted molar refractivity (Wildman–Crippen MR) is 85.7 cm³/mol. The van der Waals surface area contributed by atoms with E-state index in [0.717, 1.165) is 17.0 Å². The van der Waals surface area contributed by atoms with E-state index in [-0.39, 0.29) is 11.9 Å². The van der Waals surface area contributed by atoms with Crippen LogP contribution in [0.25, 0.3) is 0 Å². The molecule has 22 heavy (non-hydrogen) atoms. The molecule has 1 aromatic carbocycles. The van der Waals surface area contributed by atoms with Crippen LogP contribution in [0.4, 0.5) is 5.69 Å². The molecular weight excluding hydrogens is 276 g/mol. The molecule has 1 amide bonds. The quantitative estimate of drug-likeness (QED) is 0.773. The van der Waals surface area contributed by atoms with E-state index in [4.69, 9.17) is 4.42 Å². The second kappa shape index (κ2) is 6.35. The fourth-order valence-electron chi connectivity index (χ4n) is 2.50. The monoisotopic (exact) mass is 294 g/mol. The number of amides is 1. The molecule has 2 aromatic heterocycles. The maximum absolute atomic E-state index is 12.4. The number of benzene rings is 1. The summed E-state index contributed by atoms with van der Waals surface area (Å²) in [5.74, 6) is 0.733. The van der Waals surface area contributed by atoms with Crippen molar-refractivity contribution >= 4 is 11.6 Å².